The lowest BCUT2D eigenvalue weighted by atomic mass is 10.1. The van der Waals surface area contributed by atoms with Crippen molar-refractivity contribution in [1.29, 1.82) is 0 Å². The number of halogens is 5. The molecule has 0 fully saturated rings. The highest BCUT2D eigenvalue weighted by molar-refractivity contribution is 6.05. The van der Waals surface area contributed by atoms with E-state index in [4.69, 9.17) is 4.74 Å². The number of ether oxygens (including phenoxy) is 3. The van der Waals surface area contributed by atoms with E-state index in [0.29, 0.717) is 12.1 Å². The lowest BCUT2D eigenvalue weighted by Gasteiger charge is -2.26. The molecule has 0 aromatic heterocycles. The van der Waals surface area contributed by atoms with Crippen LogP contribution in [0.1, 0.15) is 5.56 Å². The smallest absolute Gasteiger partial charge is 0.416 e. The van der Waals surface area contributed by atoms with Gasteiger partial charge in [-0.3, -0.25) is 0 Å². The number of esters is 2. The molecule has 11 heteroatoms. The van der Waals surface area contributed by atoms with Crippen molar-refractivity contribution in [3.8, 4) is 5.75 Å². The Balaban J connectivity index is 2.75. The van der Waals surface area contributed by atoms with Crippen LogP contribution in [-0.2, 0) is 25.2 Å². The number of carbonyl (C=O) groups excluding carboxylic acids is 2. The first-order chi connectivity index (χ1) is 14.1. The molecule has 1 aliphatic heterocycles. The highest BCUT2D eigenvalue weighted by Gasteiger charge is 2.34. The van der Waals surface area contributed by atoms with Gasteiger partial charge in [0.1, 0.15) is 18.1 Å². The third-order valence-corrected chi connectivity index (χ3v) is 3.80. The monoisotopic (exact) mass is 433 g/mol. The normalized spacial score (nSPS) is 14.1. The van der Waals surface area contributed by atoms with E-state index in [0.717, 1.165) is 31.4 Å². The molecule has 0 saturated carbocycles. The summed E-state index contributed by atoms with van der Waals surface area (Å²) in [6.07, 6.45) is -2.67. The van der Waals surface area contributed by atoms with Gasteiger partial charge < -0.3 is 19.1 Å². The summed E-state index contributed by atoms with van der Waals surface area (Å²) < 4.78 is 79.2. The minimum absolute atomic E-state index is 0.327. The molecular weight excluding hydrogens is 417 g/mol. The van der Waals surface area contributed by atoms with Crippen molar-refractivity contribution in [3.05, 3.63) is 59.5 Å². The molecule has 0 atom stereocenters. The summed E-state index contributed by atoms with van der Waals surface area (Å²) in [6, 6.07) is 2.10. The summed E-state index contributed by atoms with van der Waals surface area (Å²) in [7, 11) is 2.04. The van der Waals surface area contributed by atoms with Crippen LogP contribution >= 0.6 is 0 Å². The van der Waals surface area contributed by atoms with Gasteiger partial charge in [-0.2, -0.15) is 13.2 Å². The van der Waals surface area contributed by atoms with E-state index in [1.165, 1.54) is 18.2 Å². The zero-order valence-corrected chi connectivity index (χ0v) is 15.7. The van der Waals surface area contributed by atoms with Crippen molar-refractivity contribution in [3.63, 3.8) is 0 Å². The maximum absolute atomic E-state index is 13.3. The lowest BCUT2D eigenvalue weighted by molar-refractivity contribution is -0.139. The molecule has 6 nitrogen and oxygen atoms in total. The fourth-order valence-corrected chi connectivity index (χ4v) is 2.51. The number of anilines is 1. The second-order valence-corrected chi connectivity index (χ2v) is 5.70. The number of hydrogen-bond donors (Lipinski definition) is 0. The molecule has 162 valence electrons. The van der Waals surface area contributed by atoms with Crippen molar-refractivity contribution in [2.75, 3.05) is 25.7 Å². The molecular formula is C19H16F5NO5. The molecule has 0 unspecified atom stereocenters. The number of allylic oxidation sites excluding steroid dienone is 2. The van der Waals surface area contributed by atoms with Gasteiger partial charge in [0.2, 0.25) is 0 Å². The van der Waals surface area contributed by atoms with Crippen LogP contribution in [0.2, 0.25) is 0 Å². The molecule has 0 radical (unpaired) electrons. The fraction of sp³-hybridized carbons (Fsp3) is 0.263. The molecule has 1 aliphatic rings. The number of benzene rings is 1. The van der Waals surface area contributed by atoms with Crippen LogP contribution in [0.3, 0.4) is 0 Å². The van der Waals surface area contributed by atoms with Gasteiger partial charge >= 0.3 is 18.1 Å². The van der Waals surface area contributed by atoms with Crippen molar-refractivity contribution in [2.45, 2.75) is 12.6 Å². The molecule has 0 saturated heterocycles. The second-order valence-electron chi connectivity index (χ2n) is 5.70. The van der Waals surface area contributed by atoms with Gasteiger partial charge in [0.25, 0.3) is 6.43 Å². The van der Waals surface area contributed by atoms with Crippen LogP contribution in [0.25, 0.3) is 0 Å². The third-order valence-electron chi connectivity index (χ3n) is 3.80. The minimum Gasteiger partial charge on any atom is -0.485 e. The Morgan fingerprint density at radius 3 is 2.30 bits per heavy atom. The van der Waals surface area contributed by atoms with E-state index >= 15 is 0 Å². The van der Waals surface area contributed by atoms with Gasteiger partial charge in [0.05, 0.1) is 31.0 Å². The molecule has 0 spiro atoms. The van der Waals surface area contributed by atoms with Crippen molar-refractivity contribution >= 4 is 17.6 Å². The first kappa shape index (κ1) is 22.9. The Kier molecular flexibility index (Phi) is 7.19. The Morgan fingerprint density at radius 2 is 1.73 bits per heavy atom. The topological polar surface area (TPSA) is 65.1 Å². The molecule has 0 aliphatic carbocycles. The molecule has 2 rings (SSSR count). The van der Waals surface area contributed by atoms with Crippen LogP contribution in [0.4, 0.5) is 27.6 Å². The Labute approximate surface area is 167 Å². The summed E-state index contributed by atoms with van der Waals surface area (Å²) in [5.41, 5.74) is -2.36. The molecule has 1 aromatic rings. The zero-order chi connectivity index (χ0) is 22.5. The quantitative estimate of drug-likeness (QED) is 0.502. The van der Waals surface area contributed by atoms with Crippen LogP contribution in [0.5, 0.6) is 5.75 Å². The van der Waals surface area contributed by atoms with Crippen molar-refractivity contribution in [1.82, 2.24) is 0 Å². The first-order valence-electron chi connectivity index (χ1n) is 8.27. The predicted octanol–water partition coefficient (Wildman–Crippen LogP) is 3.84. The number of hydrogen-bond acceptors (Lipinski definition) is 6. The Morgan fingerprint density at radius 1 is 1.07 bits per heavy atom. The van der Waals surface area contributed by atoms with Crippen molar-refractivity contribution in [2.24, 2.45) is 0 Å². The van der Waals surface area contributed by atoms with Gasteiger partial charge in [-0.05, 0) is 30.4 Å². The molecule has 0 amide bonds. The highest BCUT2D eigenvalue weighted by Crippen LogP contribution is 2.39. The standard InChI is InChI=1S/C19H16F5NO5/c1-28-17(26)12-5-3-4-8-25(16(12)18(27)29-2)13-9-11(19(22,23)24)6-7-14(13)30-10-15(20)21/h3-9,15H,10H2,1-2H3. The summed E-state index contributed by atoms with van der Waals surface area (Å²) in [4.78, 5) is 25.4. The molecule has 1 heterocycles. The van der Waals surface area contributed by atoms with Crippen molar-refractivity contribution < 1.29 is 45.8 Å². The summed E-state index contributed by atoms with van der Waals surface area (Å²) in [5, 5.41) is 0. The average molecular weight is 433 g/mol. The van der Waals surface area contributed by atoms with Gasteiger partial charge in [-0.1, -0.05) is 6.08 Å². The number of alkyl halides is 5. The van der Waals surface area contributed by atoms with Gasteiger partial charge in [-0.25, -0.2) is 18.4 Å². The molecule has 0 N–H and O–H groups in total. The predicted molar refractivity (Wildman–Crippen MR) is 94.8 cm³/mol. The highest BCUT2D eigenvalue weighted by atomic mass is 19.4. The van der Waals surface area contributed by atoms with E-state index in [2.05, 4.69) is 9.47 Å². The van der Waals surface area contributed by atoms with E-state index in [1.54, 1.807) is 0 Å². The molecule has 30 heavy (non-hydrogen) atoms. The largest absolute Gasteiger partial charge is 0.485 e. The van der Waals surface area contributed by atoms with Crippen LogP contribution in [0.15, 0.2) is 53.9 Å². The number of rotatable bonds is 6. The second kappa shape index (κ2) is 9.42. The molecule has 1 aromatic carbocycles. The van der Waals surface area contributed by atoms with E-state index in [1.807, 2.05) is 0 Å². The van der Waals surface area contributed by atoms with Gasteiger partial charge in [0, 0.05) is 6.20 Å². The van der Waals surface area contributed by atoms with Crippen LogP contribution in [-0.4, -0.2) is 39.2 Å². The number of methoxy groups -OCH3 is 2. The first-order valence-corrected chi connectivity index (χ1v) is 8.27. The zero-order valence-electron chi connectivity index (χ0n) is 15.7. The third kappa shape index (κ3) is 5.16. The van der Waals surface area contributed by atoms with E-state index < -0.39 is 48.1 Å². The van der Waals surface area contributed by atoms with Gasteiger partial charge in [0.15, 0.2) is 0 Å². The van der Waals surface area contributed by atoms with Crippen LogP contribution < -0.4 is 9.64 Å². The minimum atomic E-state index is -4.77. The lowest BCUT2D eigenvalue weighted by Crippen LogP contribution is -2.27. The Bertz CT molecular complexity index is 905. The maximum atomic E-state index is 13.3. The van der Waals surface area contributed by atoms with Gasteiger partial charge in [-0.15, -0.1) is 0 Å². The van der Waals surface area contributed by atoms with Crippen LogP contribution in [0, 0.1) is 0 Å². The summed E-state index contributed by atoms with van der Waals surface area (Å²) in [5.74, 6) is -2.42. The number of nitrogens with zero attached hydrogens (tertiary/aromatic N) is 1. The molecule has 0 bridgehead atoms. The SMILES string of the molecule is COC(=O)C1=C(C(=O)OC)N(c2cc(C(F)(F)F)ccc2OCC(F)F)C=CC=C1. The van der Waals surface area contributed by atoms with E-state index in [-0.39, 0.29) is 11.3 Å². The summed E-state index contributed by atoms with van der Waals surface area (Å²) in [6.45, 7) is -1.10. The van der Waals surface area contributed by atoms with E-state index in [9.17, 15) is 31.5 Å². The number of carbonyl (C=O) groups is 2. The maximum Gasteiger partial charge on any atom is 0.416 e. The Hall–Kier alpha value is -3.37. The fourth-order valence-electron chi connectivity index (χ4n) is 2.51. The summed E-state index contributed by atoms with van der Waals surface area (Å²) >= 11 is 0. The average Bonchev–Trinajstić information content (AvgIpc) is 2.93.